The lowest BCUT2D eigenvalue weighted by atomic mass is 9.47. The summed E-state index contributed by atoms with van der Waals surface area (Å²) in [6.45, 7) is 34.6. The zero-order valence-electron chi connectivity index (χ0n) is 37.0. The summed E-state index contributed by atoms with van der Waals surface area (Å²) in [7, 11) is 10.7. The van der Waals surface area contributed by atoms with Crippen molar-refractivity contribution in [2.24, 2.45) is 63.1 Å². The van der Waals surface area contributed by atoms with Gasteiger partial charge in [0.15, 0.2) is 0 Å². The molecule has 1 saturated heterocycles. The Labute approximate surface area is 378 Å². The lowest BCUT2D eigenvalue weighted by Crippen LogP contribution is -2.62. The third-order valence-corrected chi connectivity index (χ3v) is 18.2. The van der Waals surface area contributed by atoms with E-state index in [0.29, 0.717) is 30.1 Å². The number of ether oxygens (including phenoxy) is 3. The van der Waals surface area contributed by atoms with Gasteiger partial charge in [0.1, 0.15) is 35.2 Å². The van der Waals surface area contributed by atoms with Crippen molar-refractivity contribution in [3.63, 3.8) is 0 Å². The van der Waals surface area contributed by atoms with Crippen LogP contribution in [0.15, 0.2) is 61.3 Å². The van der Waals surface area contributed by atoms with Crippen LogP contribution in [0.5, 0.6) is 0 Å². The normalized spacial score (nSPS) is 45.7. The average molecular weight is 950 g/mol. The first-order valence-corrected chi connectivity index (χ1v) is 29.7. The van der Waals surface area contributed by atoms with Crippen molar-refractivity contribution in [1.82, 2.24) is 0 Å². The highest BCUT2D eigenvalue weighted by molar-refractivity contribution is 8.33. The minimum Gasteiger partial charge on any atom is -0.461 e. The van der Waals surface area contributed by atoms with Crippen LogP contribution in [-0.4, -0.2) is 58.3 Å². The molecule has 59 heavy (non-hydrogen) atoms. The second-order valence-electron chi connectivity index (χ2n) is 19.3. The van der Waals surface area contributed by atoms with Crippen LogP contribution in [0.3, 0.4) is 0 Å². The molecule has 5 saturated carbocycles. The van der Waals surface area contributed by atoms with E-state index in [1.165, 1.54) is 18.4 Å². The first-order chi connectivity index (χ1) is 27.7. The Balaban J connectivity index is 0.000000236. The van der Waals surface area contributed by atoms with Gasteiger partial charge in [-0.1, -0.05) is 111 Å². The number of carbonyl (C=O) groups excluding carboxylic acids is 2. The number of hydrogen-bond acceptors (Lipinski definition) is 6. The molecule has 1 aliphatic heterocycles. The number of aliphatic hydroxyl groups is 1. The van der Waals surface area contributed by atoms with Gasteiger partial charge in [-0.05, 0) is 112 Å². The maximum absolute atomic E-state index is 12.3. The van der Waals surface area contributed by atoms with Crippen LogP contribution >= 0.6 is 66.9 Å². The van der Waals surface area contributed by atoms with E-state index in [1.54, 1.807) is 0 Å². The molecule has 334 valence electrons. The van der Waals surface area contributed by atoms with Crippen molar-refractivity contribution in [1.29, 1.82) is 0 Å². The molecule has 0 amide bonds. The summed E-state index contributed by atoms with van der Waals surface area (Å²) >= 11 is 11.6. The number of carbonyl (C=O) groups is 2. The molecule has 7 aliphatic rings. The maximum atomic E-state index is 12.3. The lowest BCUT2D eigenvalue weighted by molar-refractivity contribution is -0.177. The highest BCUT2D eigenvalue weighted by Crippen LogP contribution is 2.83. The first kappa shape index (κ1) is 51.9. The number of allylic oxidation sites excluding steroid dienone is 6. The van der Waals surface area contributed by atoms with Gasteiger partial charge in [-0.25, -0.2) is 0 Å². The van der Waals surface area contributed by atoms with E-state index in [9.17, 15) is 14.7 Å². The topological polar surface area (TPSA) is 85.4 Å². The Morgan fingerprint density at radius 2 is 1.39 bits per heavy atom. The van der Waals surface area contributed by atoms with E-state index in [-0.39, 0.29) is 63.9 Å². The molecule has 6 fully saturated rings. The van der Waals surface area contributed by atoms with Crippen molar-refractivity contribution >= 4 is 78.8 Å². The third kappa shape index (κ3) is 7.96. The summed E-state index contributed by atoms with van der Waals surface area (Å²) < 4.78 is 18.7. The fraction of sp³-hybridized carbons (Fsp3) is 0.739. The number of halogens is 2. The van der Waals surface area contributed by atoms with E-state index in [4.69, 9.17) is 37.4 Å². The zero-order valence-corrected chi connectivity index (χ0v) is 44.1. The average Bonchev–Trinajstić information content (AvgIpc) is 3.69. The summed E-state index contributed by atoms with van der Waals surface area (Å²) in [6, 6.07) is 0. The minimum absolute atomic E-state index is 0.0679. The molecule has 20 atom stereocenters. The molecule has 0 aromatic rings. The number of alkyl halides is 2. The predicted molar refractivity (Wildman–Crippen MR) is 264 cm³/mol. The van der Waals surface area contributed by atoms with Gasteiger partial charge in [0.25, 0.3) is 0 Å². The van der Waals surface area contributed by atoms with Gasteiger partial charge in [0, 0.05) is 16.2 Å². The predicted octanol–water partition coefficient (Wildman–Crippen LogP) is 12.1. The number of rotatable bonds is 8. The molecule has 0 aromatic carbocycles. The van der Waals surface area contributed by atoms with Gasteiger partial charge in [0.2, 0.25) is 0 Å². The molecule has 1 heterocycles. The molecule has 6 aliphatic carbocycles. The third-order valence-electron chi connectivity index (χ3n) is 17.8. The van der Waals surface area contributed by atoms with Crippen LogP contribution in [0.25, 0.3) is 0 Å². The van der Waals surface area contributed by atoms with Crippen LogP contribution in [0.1, 0.15) is 107 Å². The van der Waals surface area contributed by atoms with Crippen LogP contribution in [0.4, 0.5) is 0 Å². The quantitative estimate of drug-likeness (QED) is 0.0652. The van der Waals surface area contributed by atoms with E-state index in [1.807, 2.05) is 19.1 Å². The van der Waals surface area contributed by atoms with Crippen molar-refractivity contribution in [3.05, 3.63) is 61.3 Å². The summed E-state index contributed by atoms with van der Waals surface area (Å²) in [6.07, 6.45) is 13.0. The zero-order chi connectivity index (χ0) is 44.7. The van der Waals surface area contributed by atoms with Gasteiger partial charge in [0.05, 0.1) is 6.10 Å². The Bertz CT molecular complexity index is 1660. The first-order valence-electron chi connectivity index (χ1n) is 21.4. The fourth-order valence-electron chi connectivity index (χ4n) is 14.5. The van der Waals surface area contributed by atoms with Crippen molar-refractivity contribution in [2.75, 3.05) is 11.8 Å². The molecule has 6 nitrogen and oxygen atoms in total. The number of esters is 2. The van der Waals surface area contributed by atoms with Gasteiger partial charge in [-0.3, -0.25) is 9.59 Å². The van der Waals surface area contributed by atoms with Crippen molar-refractivity contribution in [2.45, 2.75) is 136 Å². The molecule has 0 aromatic heterocycles. The Morgan fingerprint density at radius 1 is 0.898 bits per heavy atom. The van der Waals surface area contributed by atoms with Gasteiger partial charge in [-0.15, -0.1) is 58.9 Å². The van der Waals surface area contributed by atoms with Crippen LogP contribution < -0.4 is 0 Å². The Hall–Kier alpha value is 0.290. The molecule has 7 rings (SSSR count). The standard InChI is InChI=1S/C23H33ClO4.C23H33ClO2.H5P3.H4P2/c1-7-13(2)16-10-18(27-19(26)12-24)20(5)14(3)8-9-22(15(16)4)11-17(25)21(6)23(20,22)28-21;1-7-14(2)18-12-19(26-20(25)13-24)22(6)16(4)9-11-23(17(18)5)10-8-15(3)21(22)23;1-3-2;1-2/h7,14-18,25H,1-2,8-12H2,3-6H3;7-8,16-19,21H,1-2,9-13H2,3-6H3;3H,1-2H2;1-2H2/t14-,15+,16+,17+,18-,20+,21+,22+,23+;16-,17+,18+,19-,21+,22+,23-;;/m11../s1. The summed E-state index contributed by atoms with van der Waals surface area (Å²) in [5, 5.41) is 11.1. The van der Waals surface area contributed by atoms with E-state index < -0.39 is 28.7 Å². The van der Waals surface area contributed by atoms with E-state index in [2.05, 4.69) is 117 Å². The molecular weight excluding hydrogens is 874 g/mol. The lowest BCUT2D eigenvalue weighted by Gasteiger charge is -2.57. The van der Waals surface area contributed by atoms with Crippen LogP contribution in [0, 0.1) is 63.1 Å². The second-order valence-corrected chi connectivity index (χ2v) is 24.2. The second kappa shape index (κ2) is 19.8. The van der Waals surface area contributed by atoms with Gasteiger partial charge in [-0.2, -0.15) is 0 Å². The summed E-state index contributed by atoms with van der Waals surface area (Å²) in [5.74, 6) is 1.41. The van der Waals surface area contributed by atoms with Crippen molar-refractivity contribution < 1.29 is 28.9 Å². The SMILES string of the molecule is C=CC(=C)[C@@H]1C[C@@H](OC(=O)CCl)[C@]2(C)[C@H](C)CC[C@]3(CC=C(C)[C@H]32)[C@H]1C.C=CC(=C)[C@@H]1C[C@@H](OC(=O)CCl)[C@]2(C)[C@H](C)CC[C@]3(C[C@H](O)[C@]4(C)O[C@@]324)[C@H]1C.PP.PPP. The Kier molecular flexibility index (Phi) is 17.4. The van der Waals surface area contributed by atoms with E-state index in [0.717, 1.165) is 51.2 Å². The van der Waals surface area contributed by atoms with Crippen molar-refractivity contribution in [3.8, 4) is 0 Å². The number of hydrogen-bond donors (Lipinski definition) is 1. The summed E-state index contributed by atoms with van der Waals surface area (Å²) in [4.78, 5) is 24.5. The molecular formula is C46H75Cl2O6P5. The Morgan fingerprint density at radius 3 is 1.90 bits per heavy atom. The van der Waals surface area contributed by atoms with Crippen LogP contribution in [0.2, 0.25) is 0 Å². The van der Waals surface area contributed by atoms with Crippen LogP contribution in [-0.2, 0) is 23.8 Å². The number of epoxide rings is 1. The molecule has 1 spiro atoms. The highest BCUT2D eigenvalue weighted by atomic mass is 35.5. The molecule has 4 bridgehead atoms. The highest BCUT2D eigenvalue weighted by Gasteiger charge is 2.92. The fourth-order valence-corrected chi connectivity index (χ4v) is 14.6. The smallest absolute Gasteiger partial charge is 0.321 e. The van der Waals surface area contributed by atoms with E-state index >= 15 is 0 Å². The molecule has 4 unspecified atom stereocenters. The number of aliphatic hydroxyl groups excluding tert-OH is 1. The molecule has 13 heteroatoms. The summed E-state index contributed by atoms with van der Waals surface area (Å²) in [5.41, 5.74) is 2.03. The maximum Gasteiger partial charge on any atom is 0.321 e. The van der Waals surface area contributed by atoms with Gasteiger partial charge >= 0.3 is 11.9 Å². The molecule has 0 radical (unpaired) electrons. The molecule has 1 N–H and O–H groups in total. The minimum atomic E-state index is -0.597. The van der Waals surface area contributed by atoms with Gasteiger partial charge < -0.3 is 19.3 Å². The largest absolute Gasteiger partial charge is 0.461 e. The monoisotopic (exact) mass is 948 g/mol.